The lowest BCUT2D eigenvalue weighted by molar-refractivity contribution is 0.482. The Bertz CT molecular complexity index is 556. The smallest absolute Gasteiger partial charge is 0.241 e. The highest BCUT2D eigenvalue weighted by atomic mass is 32.2. The van der Waals surface area contributed by atoms with Gasteiger partial charge in [0, 0.05) is 6.04 Å². The lowest BCUT2D eigenvalue weighted by atomic mass is 10.1. The van der Waals surface area contributed by atoms with E-state index in [1.54, 1.807) is 13.8 Å². The lowest BCUT2D eigenvalue weighted by Crippen LogP contribution is -2.34. The van der Waals surface area contributed by atoms with Crippen molar-refractivity contribution in [2.24, 2.45) is 5.92 Å². The van der Waals surface area contributed by atoms with Gasteiger partial charge in [0.1, 0.15) is 5.82 Å². The number of benzene rings is 1. The summed E-state index contributed by atoms with van der Waals surface area (Å²) in [7, 11) is -3.67. The van der Waals surface area contributed by atoms with E-state index in [9.17, 15) is 12.8 Å². The molecule has 0 fully saturated rings. The van der Waals surface area contributed by atoms with Gasteiger partial charge in [0.25, 0.3) is 0 Å². The van der Waals surface area contributed by atoms with Crippen molar-refractivity contribution >= 4 is 15.7 Å². The zero-order valence-corrected chi connectivity index (χ0v) is 12.5. The topological polar surface area (TPSA) is 72.2 Å². The molecule has 1 aromatic carbocycles. The molecule has 6 heteroatoms. The minimum absolute atomic E-state index is 0.0296. The van der Waals surface area contributed by atoms with Gasteiger partial charge in [-0.25, -0.2) is 17.5 Å². The first kappa shape index (κ1) is 15.9. The first-order chi connectivity index (χ1) is 8.63. The molecular weight excluding hydrogens is 267 g/mol. The maximum absolute atomic E-state index is 13.2. The van der Waals surface area contributed by atoms with Gasteiger partial charge in [0.05, 0.1) is 10.6 Å². The Kier molecular flexibility index (Phi) is 4.92. The Morgan fingerprint density at radius 3 is 2.42 bits per heavy atom. The molecule has 4 nitrogen and oxygen atoms in total. The summed E-state index contributed by atoms with van der Waals surface area (Å²) in [5.41, 5.74) is 5.61. The predicted octanol–water partition coefficient (Wildman–Crippen LogP) is 2.43. The molecule has 0 spiro atoms. The highest BCUT2D eigenvalue weighted by molar-refractivity contribution is 7.89. The summed E-state index contributed by atoms with van der Waals surface area (Å²) in [5.74, 6) is -0.219. The van der Waals surface area contributed by atoms with E-state index in [4.69, 9.17) is 5.73 Å². The van der Waals surface area contributed by atoms with E-state index >= 15 is 0 Å². The Labute approximate surface area is 114 Å². The Balaban J connectivity index is 3.04. The van der Waals surface area contributed by atoms with Gasteiger partial charge in [-0.1, -0.05) is 13.8 Å². The zero-order chi connectivity index (χ0) is 14.8. The fourth-order valence-corrected chi connectivity index (χ4v) is 3.56. The first-order valence-corrected chi connectivity index (χ1v) is 7.69. The van der Waals surface area contributed by atoms with Gasteiger partial charge >= 0.3 is 0 Å². The minimum Gasteiger partial charge on any atom is -0.396 e. The molecule has 0 aromatic heterocycles. The average molecular weight is 288 g/mol. The van der Waals surface area contributed by atoms with Gasteiger partial charge < -0.3 is 5.73 Å². The maximum atomic E-state index is 13.2. The van der Waals surface area contributed by atoms with Crippen LogP contribution in [-0.2, 0) is 10.0 Å². The molecule has 0 amide bonds. The van der Waals surface area contributed by atoms with Crippen LogP contribution in [0.25, 0.3) is 0 Å². The van der Waals surface area contributed by atoms with Crippen LogP contribution in [0.1, 0.15) is 32.8 Å². The standard InChI is InChI=1S/C13H21FN2O2S/c1-8(2)5-10(4)16-19(17,18)13-7-12(15)11(14)6-9(13)3/h6-8,10,16H,5,15H2,1-4H3. The highest BCUT2D eigenvalue weighted by Crippen LogP contribution is 2.22. The van der Waals surface area contributed by atoms with Crippen LogP contribution in [0.4, 0.5) is 10.1 Å². The molecule has 0 saturated heterocycles. The lowest BCUT2D eigenvalue weighted by Gasteiger charge is -2.17. The number of anilines is 1. The van der Waals surface area contributed by atoms with E-state index < -0.39 is 15.8 Å². The second-order valence-electron chi connectivity index (χ2n) is 5.29. The van der Waals surface area contributed by atoms with E-state index in [2.05, 4.69) is 4.72 Å². The number of aryl methyl sites for hydroxylation is 1. The van der Waals surface area contributed by atoms with Gasteiger partial charge in [0.15, 0.2) is 0 Å². The van der Waals surface area contributed by atoms with Crippen LogP contribution < -0.4 is 10.5 Å². The third-order valence-electron chi connectivity index (χ3n) is 2.77. The predicted molar refractivity (Wildman–Crippen MR) is 74.8 cm³/mol. The van der Waals surface area contributed by atoms with Crippen LogP contribution in [0, 0.1) is 18.7 Å². The number of nitrogens with two attached hydrogens (primary N) is 1. The molecule has 1 unspecified atom stereocenters. The van der Waals surface area contributed by atoms with Crippen LogP contribution in [0.5, 0.6) is 0 Å². The molecule has 0 saturated carbocycles. The van der Waals surface area contributed by atoms with Crippen LogP contribution in [0.3, 0.4) is 0 Å². The molecule has 0 aliphatic rings. The number of halogens is 1. The fourth-order valence-electron chi connectivity index (χ4n) is 2.04. The van der Waals surface area contributed by atoms with Crippen LogP contribution >= 0.6 is 0 Å². The number of nitrogens with one attached hydrogen (secondary N) is 1. The van der Waals surface area contributed by atoms with Gasteiger partial charge in [-0.15, -0.1) is 0 Å². The SMILES string of the molecule is Cc1cc(F)c(N)cc1S(=O)(=O)NC(C)CC(C)C. The molecule has 0 bridgehead atoms. The molecule has 19 heavy (non-hydrogen) atoms. The molecule has 108 valence electrons. The third-order valence-corrected chi connectivity index (χ3v) is 4.50. The van der Waals surface area contributed by atoms with Crippen molar-refractivity contribution in [3.8, 4) is 0 Å². The summed E-state index contributed by atoms with van der Waals surface area (Å²) in [6.07, 6.45) is 0.731. The quantitative estimate of drug-likeness (QED) is 0.817. The van der Waals surface area contributed by atoms with Gasteiger partial charge in [-0.2, -0.15) is 0 Å². The highest BCUT2D eigenvalue weighted by Gasteiger charge is 2.21. The second-order valence-corrected chi connectivity index (χ2v) is 6.97. The maximum Gasteiger partial charge on any atom is 0.241 e. The first-order valence-electron chi connectivity index (χ1n) is 6.21. The van der Waals surface area contributed by atoms with Crippen molar-refractivity contribution in [3.63, 3.8) is 0 Å². The molecule has 0 aliphatic heterocycles. The minimum atomic E-state index is -3.67. The molecule has 0 heterocycles. The average Bonchev–Trinajstić information content (AvgIpc) is 2.20. The zero-order valence-electron chi connectivity index (χ0n) is 11.7. The monoisotopic (exact) mass is 288 g/mol. The number of nitrogen functional groups attached to an aromatic ring is 1. The van der Waals surface area contributed by atoms with Crippen LogP contribution in [0.15, 0.2) is 17.0 Å². The Morgan fingerprint density at radius 1 is 1.32 bits per heavy atom. The van der Waals surface area contributed by atoms with E-state index in [1.807, 2.05) is 13.8 Å². The summed E-state index contributed by atoms with van der Waals surface area (Å²) in [6.45, 7) is 7.39. The van der Waals surface area contributed by atoms with Crippen molar-refractivity contribution in [1.82, 2.24) is 4.72 Å². The normalized spacial score (nSPS) is 13.8. The van der Waals surface area contributed by atoms with Gasteiger partial charge in [-0.3, -0.25) is 0 Å². The van der Waals surface area contributed by atoms with Gasteiger partial charge in [-0.05, 0) is 43.9 Å². The molecule has 1 atom stereocenters. The number of hydrogen-bond acceptors (Lipinski definition) is 3. The largest absolute Gasteiger partial charge is 0.396 e. The molecule has 1 aromatic rings. The van der Waals surface area contributed by atoms with Crippen LogP contribution in [-0.4, -0.2) is 14.5 Å². The van der Waals surface area contributed by atoms with Crippen molar-refractivity contribution in [2.75, 3.05) is 5.73 Å². The number of sulfonamides is 1. The molecule has 0 radical (unpaired) electrons. The fraction of sp³-hybridized carbons (Fsp3) is 0.538. The summed E-state index contributed by atoms with van der Waals surface area (Å²) in [4.78, 5) is 0.0296. The van der Waals surface area contributed by atoms with Crippen molar-refractivity contribution in [1.29, 1.82) is 0 Å². The Hall–Kier alpha value is -1.14. The van der Waals surface area contributed by atoms with Crippen molar-refractivity contribution in [2.45, 2.75) is 45.1 Å². The van der Waals surface area contributed by atoms with Crippen LogP contribution in [0.2, 0.25) is 0 Å². The van der Waals surface area contributed by atoms with Crippen molar-refractivity contribution < 1.29 is 12.8 Å². The number of rotatable bonds is 5. The second kappa shape index (κ2) is 5.88. The van der Waals surface area contributed by atoms with E-state index in [-0.39, 0.29) is 16.6 Å². The van der Waals surface area contributed by atoms with E-state index in [1.165, 1.54) is 0 Å². The summed E-state index contributed by atoms with van der Waals surface area (Å²) in [5, 5.41) is 0. The summed E-state index contributed by atoms with van der Waals surface area (Å²) >= 11 is 0. The summed E-state index contributed by atoms with van der Waals surface area (Å²) in [6, 6.07) is 2.11. The third kappa shape index (κ3) is 4.18. The molecule has 3 N–H and O–H groups in total. The van der Waals surface area contributed by atoms with Crippen molar-refractivity contribution in [3.05, 3.63) is 23.5 Å². The van der Waals surface area contributed by atoms with E-state index in [0.29, 0.717) is 11.5 Å². The molecule has 0 aliphatic carbocycles. The van der Waals surface area contributed by atoms with E-state index in [0.717, 1.165) is 18.6 Å². The molecule has 1 rings (SSSR count). The summed E-state index contributed by atoms with van der Waals surface area (Å²) < 4.78 is 40.3. The number of hydrogen-bond donors (Lipinski definition) is 2. The Morgan fingerprint density at radius 2 is 1.89 bits per heavy atom. The molecular formula is C13H21FN2O2S. The van der Waals surface area contributed by atoms with Gasteiger partial charge in [0.2, 0.25) is 10.0 Å².